The summed E-state index contributed by atoms with van der Waals surface area (Å²) in [6.45, 7) is 2.53. The summed E-state index contributed by atoms with van der Waals surface area (Å²) in [6, 6.07) is 8.14. The van der Waals surface area contributed by atoms with Gasteiger partial charge in [-0.25, -0.2) is 15.0 Å². The molecule has 4 rings (SSSR count). The second kappa shape index (κ2) is 18.3. The zero-order valence-corrected chi connectivity index (χ0v) is 30.9. The summed E-state index contributed by atoms with van der Waals surface area (Å²) in [4.78, 5) is 68.1. The molecule has 16 nitrogen and oxygen atoms in total. The number of hydrogen-bond donors (Lipinski definition) is 4. The van der Waals surface area contributed by atoms with Gasteiger partial charge in [0.05, 0.1) is 0 Å². The molecule has 0 spiro atoms. The average Bonchev–Trinajstić information content (AvgIpc) is 3.75. The predicted octanol–water partition coefficient (Wildman–Crippen LogP) is 2.93. The van der Waals surface area contributed by atoms with Crippen LogP contribution in [-0.2, 0) is 32.4 Å². The van der Waals surface area contributed by atoms with E-state index in [1.54, 1.807) is 27.3 Å². The maximum absolute atomic E-state index is 13.1. The summed E-state index contributed by atoms with van der Waals surface area (Å²) in [5.74, 6) is -0.0686. The van der Waals surface area contributed by atoms with Gasteiger partial charge in [0.25, 0.3) is 17.7 Å². The summed E-state index contributed by atoms with van der Waals surface area (Å²) >= 11 is 11.8. The lowest BCUT2D eigenvalue weighted by molar-refractivity contribution is -0.116. The molecule has 0 aliphatic heterocycles. The molecular weight excluding hydrogens is 699 g/mol. The van der Waals surface area contributed by atoms with Crippen molar-refractivity contribution < 1.29 is 19.2 Å². The minimum absolute atomic E-state index is 0.00343. The van der Waals surface area contributed by atoms with E-state index in [0.717, 1.165) is 17.7 Å². The lowest BCUT2D eigenvalue weighted by Gasteiger charge is -2.23. The molecule has 0 bridgehead atoms. The van der Waals surface area contributed by atoms with E-state index in [1.165, 1.54) is 26.1 Å². The number of nitrogens with one attached hydrogen (secondary N) is 4. The number of likely N-dealkylation sites (N-methyl/N-ethyl adjacent to an activating group) is 1. The maximum Gasteiger partial charge on any atom is 0.292 e. The fourth-order valence-electron chi connectivity index (χ4n) is 5.14. The molecule has 0 fully saturated rings. The van der Waals surface area contributed by atoms with Crippen molar-refractivity contribution in [1.82, 2.24) is 38.9 Å². The van der Waals surface area contributed by atoms with Crippen LogP contribution in [-0.4, -0.2) is 109 Å². The van der Waals surface area contributed by atoms with Crippen LogP contribution in [0.3, 0.4) is 0 Å². The fraction of sp³-hybridized carbons (Fsp3) is 0.424. The summed E-state index contributed by atoms with van der Waals surface area (Å²) in [5, 5.41) is 10.8. The van der Waals surface area contributed by atoms with Crippen molar-refractivity contribution >= 4 is 70.0 Å². The molecule has 0 saturated heterocycles. The number of benzene rings is 1. The molecule has 18 heteroatoms. The molecule has 4 aromatic rings. The standard InChI is InChI=1S/C33H44Cl2N12O4/c1-43(2)18-15-36-31(49)28-39-25(20-44(28)3)41-33(51)30-40-26(21-46(30)5)42-32(50)29-38-24(19-45(29)4)37-27(48)8-6-7-22-9-11-23(12-10-22)47(16-13-34)17-14-35/h9-12,19-21H,6-8,13-18H2,1-5H3,(H,36,49)(H,37,48)(H,41,51)(H,42,50). The van der Waals surface area contributed by atoms with Gasteiger partial charge in [-0.05, 0) is 44.6 Å². The Labute approximate surface area is 306 Å². The van der Waals surface area contributed by atoms with Crippen LogP contribution in [0.5, 0.6) is 0 Å². The number of aromatic nitrogens is 6. The number of carbonyl (C=O) groups excluding carboxylic acids is 4. The van der Waals surface area contributed by atoms with E-state index in [2.05, 4.69) is 41.1 Å². The van der Waals surface area contributed by atoms with Crippen molar-refractivity contribution in [3.8, 4) is 0 Å². The second-order valence-corrected chi connectivity index (χ2v) is 12.8. The zero-order valence-electron chi connectivity index (χ0n) is 29.4. The molecule has 0 saturated carbocycles. The molecule has 3 aromatic heterocycles. The molecule has 0 unspecified atom stereocenters. The Bertz CT molecular complexity index is 1810. The van der Waals surface area contributed by atoms with Crippen LogP contribution in [0.1, 0.15) is 50.3 Å². The van der Waals surface area contributed by atoms with Crippen LogP contribution < -0.4 is 26.2 Å². The predicted molar refractivity (Wildman–Crippen MR) is 198 cm³/mol. The van der Waals surface area contributed by atoms with Crippen molar-refractivity contribution in [2.75, 3.05) is 72.9 Å². The molecule has 0 atom stereocenters. The number of alkyl halides is 2. The maximum atomic E-state index is 13.1. The quantitative estimate of drug-likeness (QED) is 0.112. The molecule has 0 aliphatic carbocycles. The normalized spacial score (nSPS) is 11.1. The minimum Gasteiger partial charge on any atom is -0.369 e. The first-order chi connectivity index (χ1) is 24.4. The van der Waals surface area contributed by atoms with Crippen LogP contribution in [0.15, 0.2) is 42.9 Å². The Morgan fingerprint density at radius 1 is 0.686 bits per heavy atom. The smallest absolute Gasteiger partial charge is 0.292 e. The molecule has 274 valence electrons. The van der Waals surface area contributed by atoms with Gasteiger partial charge in [0.1, 0.15) is 0 Å². The van der Waals surface area contributed by atoms with Gasteiger partial charge < -0.3 is 44.8 Å². The SMILES string of the molecule is CN(C)CCNC(=O)c1nc(NC(=O)c2nc(NC(=O)c3nc(NC(=O)CCCc4ccc(N(CCCl)CCCl)cc4)cn3C)cn2C)cn1C. The van der Waals surface area contributed by atoms with Crippen LogP contribution in [0, 0.1) is 0 Å². The van der Waals surface area contributed by atoms with E-state index in [1.807, 2.05) is 43.3 Å². The Morgan fingerprint density at radius 2 is 1.16 bits per heavy atom. The number of rotatable bonds is 18. The third-order valence-corrected chi connectivity index (χ3v) is 8.05. The van der Waals surface area contributed by atoms with Crippen molar-refractivity contribution in [1.29, 1.82) is 0 Å². The molecule has 3 heterocycles. The lowest BCUT2D eigenvalue weighted by atomic mass is 10.1. The van der Waals surface area contributed by atoms with Crippen LogP contribution in [0.2, 0.25) is 0 Å². The highest BCUT2D eigenvalue weighted by Crippen LogP contribution is 2.18. The lowest BCUT2D eigenvalue weighted by Crippen LogP contribution is -2.32. The first-order valence-electron chi connectivity index (χ1n) is 16.3. The summed E-state index contributed by atoms with van der Waals surface area (Å²) in [6.07, 6.45) is 6.15. The Balaban J connectivity index is 1.27. The molecule has 4 N–H and O–H groups in total. The van der Waals surface area contributed by atoms with Gasteiger partial charge in [0, 0.05) is 89.8 Å². The van der Waals surface area contributed by atoms with E-state index >= 15 is 0 Å². The Hall–Kier alpha value is -4.93. The van der Waals surface area contributed by atoms with Crippen molar-refractivity contribution in [2.45, 2.75) is 19.3 Å². The third-order valence-electron chi connectivity index (χ3n) is 7.71. The van der Waals surface area contributed by atoms with Crippen LogP contribution in [0.25, 0.3) is 0 Å². The molecule has 1 aromatic carbocycles. The van der Waals surface area contributed by atoms with Crippen molar-refractivity contribution in [3.05, 3.63) is 65.9 Å². The van der Waals surface area contributed by atoms with E-state index in [-0.39, 0.29) is 53.2 Å². The Morgan fingerprint density at radius 3 is 1.63 bits per heavy atom. The van der Waals surface area contributed by atoms with Crippen LogP contribution in [0.4, 0.5) is 23.1 Å². The molecule has 51 heavy (non-hydrogen) atoms. The van der Waals surface area contributed by atoms with Gasteiger partial charge in [-0.15, -0.1) is 23.2 Å². The monoisotopic (exact) mass is 742 g/mol. The van der Waals surface area contributed by atoms with Gasteiger partial charge in [-0.3, -0.25) is 19.2 Å². The highest BCUT2D eigenvalue weighted by Gasteiger charge is 2.21. The zero-order chi connectivity index (χ0) is 37.1. The number of halogens is 2. The highest BCUT2D eigenvalue weighted by atomic mass is 35.5. The second-order valence-electron chi connectivity index (χ2n) is 12.1. The molecule has 0 radical (unpaired) electrons. The van der Waals surface area contributed by atoms with E-state index < -0.39 is 11.8 Å². The van der Waals surface area contributed by atoms with Gasteiger partial charge in [-0.2, -0.15) is 0 Å². The number of nitrogens with zero attached hydrogens (tertiary/aromatic N) is 8. The van der Waals surface area contributed by atoms with E-state index in [9.17, 15) is 19.2 Å². The minimum atomic E-state index is -0.592. The number of imidazole rings is 3. The van der Waals surface area contributed by atoms with E-state index in [0.29, 0.717) is 44.4 Å². The molecule has 4 amide bonds. The third kappa shape index (κ3) is 11.0. The molecule has 0 aliphatic rings. The van der Waals surface area contributed by atoms with Crippen molar-refractivity contribution in [2.24, 2.45) is 21.1 Å². The summed E-state index contributed by atoms with van der Waals surface area (Å²) in [7, 11) is 8.68. The summed E-state index contributed by atoms with van der Waals surface area (Å²) < 4.78 is 4.44. The number of carbonyl (C=O) groups is 4. The number of anilines is 4. The number of aryl methyl sites for hydroxylation is 4. The van der Waals surface area contributed by atoms with Gasteiger partial charge in [0.2, 0.25) is 23.4 Å². The van der Waals surface area contributed by atoms with E-state index in [4.69, 9.17) is 23.2 Å². The Kier molecular flexibility index (Phi) is 14.0. The van der Waals surface area contributed by atoms with Gasteiger partial charge in [0.15, 0.2) is 17.5 Å². The first-order valence-corrected chi connectivity index (χ1v) is 17.4. The van der Waals surface area contributed by atoms with Gasteiger partial charge >= 0.3 is 0 Å². The highest BCUT2D eigenvalue weighted by molar-refractivity contribution is 6.18. The fourth-order valence-corrected chi connectivity index (χ4v) is 5.54. The van der Waals surface area contributed by atoms with Crippen LogP contribution >= 0.6 is 23.2 Å². The van der Waals surface area contributed by atoms with Gasteiger partial charge in [-0.1, -0.05) is 12.1 Å². The average molecular weight is 744 g/mol. The van der Waals surface area contributed by atoms with Crippen molar-refractivity contribution in [3.63, 3.8) is 0 Å². The number of hydrogen-bond acceptors (Lipinski definition) is 9. The first kappa shape index (κ1) is 38.9. The topological polar surface area (TPSA) is 176 Å². The summed E-state index contributed by atoms with van der Waals surface area (Å²) in [5.41, 5.74) is 2.16. The largest absolute Gasteiger partial charge is 0.369 e. The number of amides is 4. The molecular formula is C33H44Cl2N12O4.